The van der Waals surface area contributed by atoms with Gasteiger partial charge in [-0.15, -0.1) is 6.58 Å². The van der Waals surface area contributed by atoms with E-state index < -0.39 is 17.9 Å². The lowest BCUT2D eigenvalue weighted by atomic mass is 9.91. The van der Waals surface area contributed by atoms with Gasteiger partial charge >= 0.3 is 0 Å². The van der Waals surface area contributed by atoms with Gasteiger partial charge in [0.15, 0.2) is 6.10 Å². The van der Waals surface area contributed by atoms with E-state index in [0.717, 1.165) is 0 Å². The monoisotopic (exact) mass is 368 g/mol. The smallest absolute Gasteiger partial charge is 0.259 e. The fourth-order valence-corrected chi connectivity index (χ4v) is 3.10. The second-order valence-corrected chi connectivity index (χ2v) is 6.12. The minimum absolute atomic E-state index is 0.0854. The van der Waals surface area contributed by atoms with Gasteiger partial charge in [-0.25, -0.2) is 0 Å². The van der Waals surface area contributed by atoms with Crippen LogP contribution in [-0.4, -0.2) is 22.1 Å². The number of nitrogens with zero attached hydrogens (tertiary/aromatic N) is 1. The van der Waals surface area contributed by atoms with Gasteiger partial charge < -0.3 is 15.6 Å². The molecule has 5 nitrogen and oxygen atoms in total. The Morgan fingerprint density at radius 2 is 2.00 bits per heavy atom. The Labute approximate surface area is 155 Å². The molecule has 2 aromatic carbocycles. The van der Waals surface area contributed by atoms with Gasteiger partial charge in [0.2, 0.25) is 0 Å². The summed E-state index contributed by atoms with van der Waals surface area (Å²) < 4.78 is 5.77. The molecule has 0 spiro atoms. The first kappa shape index (κ1) is 17.8. The van der Waals surface area contributed by atoms with Crippen LogP contribution in [0.4, 0.5) is 0 Å². The molecular weight excluding hydrogens is 352 g/mol. The van der Waals surface area contributed by atoms with Crippen molar-refractivity contribution in [3.8, 4) is 11.5 Å². The van der Waals surface area contributed by atoms with Crippen molar-refractivity contribution in [1.29, 1.82) is 0 Å². The summed E-state index contributed by atoms with van der Waals surface area (Å²) in [5.74, 6) is -1.00. The summed E-state index contributed by atoms with van der Waals surface area (Å²) in [5.41, 5.74) is 6.27. The molecule has 6 heteroatoms. The highest BCUT2D eigenvalue weighted by Crippen LogP contribution is 2.39. The number of hydrogen-bond acceptors (Lipinski definition) is 4. The Morgan fingerprint density at radius 3 is 2.65 bits per heavy atom. The summed E-state index contributed by atoms with van der Waals surface area (Å²) in [5, 5.41) is 11.7. The van der Waals surface area contributed by atoms with E-state index in [-0.39, 0.29) is 5.75 Å². The number of pyridine rings is 1. The van der Waals surface area contributed by atoms with Crippen LogP contribution >= 0.6 is 11.6 Å². The SMILES string of the molecule is C=CC(c1cc(Cl)c2cccnc2c1O)C(Oc1ccccc1)C(N)=O. The van der Waals surface area contributed by atoms with Crippen LogP contribution < -0.4 is 10.5 Å². The van der Waals surface area contributed by atoms with E-state index in [0.29, 0.717) is 27.2 Å². The molecular formula is C20H17ClN2O3. The van der Waals surface area contributed by atoms with Crippen LogP contribution in [0.15, 0.2) is 67.4 Å². The largest absolute Gasteiger partial charge is 0.505 e. The highest BCUT2D eigenvalue weighted by molar-refractivity contribution is 6.35. The van der Waals surface area contributed by atoms with Gasteiger partial charge in [-0.05, 0) is 30.3 Å². The Balaban J connectivity index is 2.09. The summed E-state index contributed by atoms with van der Waals surface area (Å²) in [6.45, 7) is 3.77. The number of aromatic hydroxyl groups is 1. The third-order valence-electron chi connectivity index (χ3n) is 4.07. The van der Waals surface area contributed by atoms with E-state index >= 15 is 0 Å². The number of rotatable bonds is 6. The van der Waals surface area contributed by atoms with Crippen molar-refractivity contribution >= 4 is 28.4 Å². The zero-order valence-electron chi connectivity index (χ0n) is 13.8. The van der Waals surface area contributed by atoms with Gasteiger partial charge in [0.05, 0.1) is 10.9 Å². The number of phenols is 1. The molecule has 2 unspecified atom stereocenters. The molecule has 0 aliphatic carbocycles. The lowest BCUT2D eigenvalue weighted by molar-refractivity contribution is -0.125. The van der Waals surface area contributed by atoms with E-state index in [1.54, 1.807) is 48.7 Å². The molecule has 26 heavy (non-hydrogen) atoms. The van der Waals surface area contributed by atoms with E-state index in [2.05, 4.69) is 11.6 Å². The number of ether oxygens (including phenoxy) is 1. The summed E-state index contributed by atoms with van der Waals surface area (Å²) >= 11 is 6.34. The molecule has 0 fully saturated rings. The molecule has 1 heterocycles. The molecule has 132 valence electrons. The fraction of sp³-hybridized carbons (Fsp3) is 0.100. The maximum Gasteiger partial charge on any atom is 0.259 e. The second kappa shape index (κ2) is 7.45. The molecule has 3 N–H and O–H groups in total. The van der Waals surface area contributed by atoms with Crippen molar-refractivity contribution in [1.82, 2.24) is 4.98 Å². The Hall–Kier alpha value is -3.05. The molecule has 0 radical (unpaired) electrons. The molecule has 0 saturated carbocycles. The van der Waals surface area contributed by atoms with Gasteiger partial charge in [0.1, 0.15) is 17.0 Å². The maximum absolute atomic E-state index is 12.1. The molecule has 0 bridgehead atoms. The van der Waals surface area contributed by atoms with Gasteiger partial charge in [0.25, 0.3) is 5.91 Å². The van der Waals surface area contributed by atoms with Crippen molar-refractivity contribution in [3.63, 3.8) is 0 Å². The average molecular weight is 369 g/mol. The van der Waals surface area contributed by atoms with E-state index in [1.165, 1.54) is 6.08 Å². The Bertz CT molecular complexity index is 960. The van der Waals surface area contributed by atoms with Gasteiger partial charge in [-0.2, -0.15) is 0 Å². The summed E-state index contributed by atoms with van der Waals surface area (Å²) in [6.07, 6.45) is 1.98. The predicted octanol–water partition coefficient (Wildman–Crippen LogP) is 3.80. The van der Waals surface area contributed by atoms with Crippen LogP contribution in [0.1, 0.15) is 11.5 Å². The van der Waals surface area contributed by atoms with Crippen molar-refractivity contribution in [2.24, 2.45) is 5.73 Å². The fourth-order valence-electron chi connectivity index (χ4n) is 2.83. The lowest BCUT2D eigenvalue weighted by Gasteiger charge is -2.24. The van der Waals surface area contributed by atoms with Crippen molar-refractivity contribution in [2.75, 3.05) is 0 Å². The molecule has 0 saturated heterocycles. The van der Waals surface area contributed by atoms with E-state index in [9.17, 15) is 9.90 Å². The van der Waals surface area contributed by atoms with Crippen LogP contribution in [0.2, 0.25) is 5.02 Å². The quantitative estimate of drug-likeness (QED) is 0.648. The maximum atomic E-state index is 12.1. The number of phenolic OH excluding ortho intramolecular Hbond substituents is 1. The minimum Gasteiger partial charge on any atom is -0.505 e. The van der Waals surface area contributed by atoms with E-state index in [4.69, 9.17) is 22.1 Å². The zero-order valence-corrected chi connectivity index (χ0v) is 14.6. The number of aromatic nitrogens is 1. The minimum atomic E-state index is -1.07. The number of carbonyl (C=O) groups is 1. The van der Waals surface area contributed by atoms with Gasteiger partial charge in [0, 0.05) is 17.1 Å². The average Bonchev–Trinajstić information content (AvgIpc) is 2.66. The van der Waals surface area contributed by atoms with Crippen LogP contribution in [0.25, 0.3) is 10.9 Å². The van der Waals surface area contributed by atoms with Crippen LogP contribution in [0.5, 0.6) is 11.5 Å². The number of halogens is 1. The standard InChI is InChI=1S/C20H17ClN2O3/c1-2-13(19(20(22)25)26-12-7-4-3-5-8-12)15-11-16(21)14-9-6-10-23-17(14)18(15)24/h2-11,13,19,24H,1H2,(H2,22,25). The van der Waals surface area contributed by atoms with Crippen LogP contribution in [0.3, 0.4) is 0 Å². The number of carbonyl (C=O) groups excluding carboxylic acids is 1. The molecule has 0 aliphatic heterocycles. The van der Waals surface area contributed by atoms with E-state index in [1.807, 2.05) is 6.07 Å². The molecule has 1 amide bonds. The first-order chi connectivity index (χ1) is 12.5. The predicted molar refractivity (Wildman–Crippen MR) is 101 cm³/mol. The zero-order chi connectivity index (χ0) is 18.7. The van der Waals surface area contributed by atoms with Crippen molar-refractivity contribution < 1.29 is 14.6 Å². The normalized spacial score (nSPS) is 13.1. The lowest BCUT2D eigenvalue weighted by Crippen LogP contribution is -2.38. The summed E-state index contributed by atoms with van der Waals surface area (Å²) in [7, 11) is 0. The number of benzene rings is 2. The van der Waals surface area contributed by atoms with Crippen LogP contribution in [-0.2, 0) is 4.79 Å². The highest BCUT2D eigenvalue weighted by atomic mass is 35.5. The number of para-hydroxylation sites is 1. The summed E-state index contributed by atoms with van der Waals surface area (Å²) in [4.78, 5) is 16.2. The first-order valence-electron chi connectivity index (χ1n) is 7.92. The first-order valence-corrected chi connectivity index (χ1v) is 8.30. The highest BCUT2D eigenvalue weighted by Gasteiger charge is 2.31. The topological polar surface area (TPSA) is 85.4 Å². The van der Waals surface area contributed by atoms with Crippen LogP contribution in [0, 0.1) is 0 Å². The second-order valence-electron chi connectivity index (χ2n) is 5.71. The molecule has 1 aromatic heterocycles. The Kier molecular flexibility index (Phi) is 5.09. The van der Waals surface area contributed by atoms with Gasteiger partial charge in [-0.1, -0.05) is 35.9 Å². The third-order valence-corrected chi connectivity index (χ3v) is 4.38. The summed E-state index contributed by atoms with van der Waals surface area (Å²) in [6, 6.07) is 13.9. The van der Waals surface area contributed by atoms with Crippen molar-refractivity contribution in [2.45, 2.75) is 12.0 Å². The molecule has 3 aromatic rings. The number of fused-ring (bicyclic) bond motifs is 1. The number of hydrogen-bond donors (Lipinski definition) is 2. The number of amides is 1. The molecule has 3 rings (SSSR count). The Morgan fingerprint density at radius 1 is 1.27 bits per heavy atom. The van der Waals surface area contributed by atoms with Gasteiger partial charge in [-0.3, -0.25) is 9.78 Å². The third kappa shape index (κ3) is 3.34. The number of primary amides is 1. The van der Waals surface area contributed by atoms with Crippen molar-refractivity contribution in [3.05, 3.63) is 78.0 Å². The number of nitrogens with two attached hydrogens (primary N) is 1. The molecule has 2 atom stereocenters. The molecule has 0 aliphatic rings.